The fourth-order valence-corrected chi connectivity index (χ4v) is 5.65. The Morgan fingerprint density at radius 2 is 1.97 bits per heavy atom. The molecule has 2 aromatic rings. The van der Waals surface area contributed by atoms with Gasteiger partial charge in [-0.15, -0.1) is 0 Å². The van der Waals surface area contributed by atoms with E-state index >= 15 is 0 Å². The van der Waals surface area contributed by atoms with Crippen LogP contribution in [0.4, 0.5) is 5.82 Å². The van der Waals surface area contributed by atoms with Gasteiger partial charge in [-0.1, -0.05) is 29.8 Å². The second-order valence-electron chi connectivity index (χ2n) is 8.50. The van der Waals surface area contributed by atoms with Crippen molar-refractivity contribution < 1.29 is 13.2 Å². The standard InChI is InChI=1S/C23H30N4O3S/c1-4-31(29,30)26-12-11-19(15-26)22-24-17(3)20-8-9-21(28)27(23(20)25-22)13-10-18-7-5-6-16(2)14-18/h5-7,14,19H,4,8-13,15H2,1-3H3/t19-/m0/s1. The Bertz CT molecular complexity index is 1100. The average molecular weight is 443 g/mol. The van der Waals surface area contributed by atoms with E-state index in [0.29, 0.717) is 50.5 Å². The average Bonchev–Trinajstić information content (AvgIpc) is 3.24. The predicted octanol–water partition coefficient (Wildman–Crippen LogP) is 2.75. The number of nitrogens with zero attached hydrogens (tertiary/aromatic N) is 4. The number of fused-ring (bicyclic) bond motifs is 1. The molecule has 7 nitrogen and oxygen atoms in total. The molecule has 3 heterocycles. The number of anilines is 1. The first-order valence-electron chi connectivity index (χ1n) is 11.0. The Labute approximate surface area is 184 Å². The smallest absolute Gasteiger partial charge is 0.228 e. The molecule has 1 aromatic carbocycles. The summed E-state index contributed by atoms with van der Waals surface area (Å²) in [4.78, 5) is 24.2. The lowest BCUT2D eigenvalue weighted by Gasteiger charge is -2.30. The highest BCUT2D eigenvalue weighted by atomic mass is 32.2. The van der Waals surface area contributed by atoms with Gasteiger partial charge in [0.1, 0.15) is 11.6 Å². The van der Waals surface area contributed by atoms with Crippen LogP contribution in [0.2, 0.25) is 0 Å². The zero-order valence-corrected chi connectivity index (χ0v) is 19.3. The molecular formula is C23H30N4O3S. The van der Waals surface area contributed by atoms with Crippen LogP contribution in [0.15, 0.2) is 24.3 Å². The van der Waals surface area contributed by atoms with Crippen LogP contribution < -0.4 is 4.90 Å². The van der Waals surface area contributed by atoms with Gasteiger partial charge in [0.05, 0.1) is 5.75 Å². The molecule has 2 aliphatic heterocycles. The lowest BCUT2D eigenvalue weighted by atomic mass is 10.0. The maximum atomic E-state index is 12.8. The van der Waals surface area contributed by atoms with E-state index in [2.05, 4.69) is 25.1 Å². The van der Waals surface area contributed by atoms with Gasteiger partial charge in [0, 0.05) is 43.2 Å². The zero-order valence-electron chi connectivity index (χ0n) is 18.5. The van der Waals surface area contributed by atoms with Crippen molar-refractivity contribution in [1.82, 2.24) is 14.3 Å². The summed E-state index contributed by atoms with van der Waals surface area (Å²) in [5, 5.41) is 0. The van der Waals surface area contributed by atoms with Gasteiger partial charge in [0.2, 0.25) is 15.9 Å². The summed E-state index contributed by atoms with van der Waals surface area (Å²) in [6.07, 6.45) is 2.59. The van der Waals surface area contributed by atoms with Gasteiger partial charge >= 0.3 is 0 Å². The third-order valence-electron chi connectivity index (χ3n) is 6.34. The molecule has 4 rings (SSSR count). The number of benzene rings is 1. The third kappa shape index (κ3) is 4.50. The van der Waals surface area contributed by atoms with Gasteiger partial charge in [0.15, 0.2) is 0 Å². The lowest BCUT2D eigenvalue weighted by molar-refractivity contribution is -0.118. The normalized spacial score (nSPS) is 19.6. The maximum Gasteiger partial charge on any atom is 0.228 e. The molecule has 31 heavy (non-hydrogen) atoms. The van der Waals surface area contributed by atoms with Crippen LogP contribution in [0, 0.1) is 13.8 Å². The molecule has 0 saturated carbocycles. The summed E-state index contributed by atoms with van der Waals surface area (Å²) < 4.78 is 26.0. The highest BCUT2D eigenvalue weighted by molar-refractivity contribution is 7.89. The molecular weight excluding hydrogens is 412 g/mol. The van der Waals surface area contributed by atoms with E-state index < -0.39 is 10.0 Å². The van der Waals surface area contributed by atoms with E-state index in [-0.39, 0.29) is 17.6 Å². The molecule has 0 bridgehead atoms. The van der Waals surface area contributed by atoms with Gasteiger partial charge in [0.25, 0.3) is 0 Å². The Hall–Kier alpha value is -2.32. The van der Waals surface area contributed by atoms with Crippen molar-refractivity contribution in [3.63, 3.8) is 0 Å². The minimum absolute atomic E-state index is 0.0408. The minimum atomic E-state index is -3.22. The van der Waals surface area contributed by atoms with Crippen molar-refractivity contribution in [2.45, 2.75) is 52.4 Å². The maximum absolute atomic E-state index is 12.8. The van der Waals surface area contributed by atoms with Gasteiger partial charge in [-0.2, -0.15) is 0 Å². The fraction of sp³-hybridized carbons (Fsp3) is 0.522. The molecule has 0 N–H and O–H groups in total. The van der Waals surface area contributed by atoms with Crippen molar-refractivity contribution >= 4 is 21.7 Å². The topological polar surface area (TPSA) is 83.5 Å². The van der Waals surface area contributed by atoms with Crippen LogP contribution in [-0.2, 0) is 27.7 Å². The van der Waals surface area contributed by atoms with Crippen LogP contribution in [-0.4, -0.2) is 54.0 Å². The molecule has 8 heteroatoms. The zero-order chi connectivity index (χ0) is 22.2. The molecule has 1 fully saturated rings. The van der Waals surface area contributed by atoms with E-state index in [0.717, 1.165) is 17.7 Å². The second-order valence-corrected chi connectivity index (χ2v) is 10.8. The summed E-state index contributed by atoms with van der Waals surface area (Å²) in [6, 6.07) is 8.34. The van der Waals surface area contributed by atoms with Crippen LogP contribution in [0.1, 0.15) is 53.9 Å². The SMILES string of the molecule is CCS(=O)(=O)N1CC[C@H](c2nc(C)c3c(n2)N(CCc2cccc(C)c2)C(=O)CC3)C1. The van der Waals surface area contributed by atoms with Crippen LogP contribution in [0.3, 0.4) is 0 Å². The van der Waals surface area contributed by atoms with Crippen LogP contribution in [0.25, 0.3) is 0 Å². The summed E-state index contributed by atoms with van der Waals surface area (Å²) in [5.74, 6) is 1.51. The van der Waals surface area contributed by atoms with E-state index in [1.807, 2.05) is 13.0 Å². The lowest BCUT2D eigenvalue weighted by Crippen LogP contribution is -2.38. The largest absolute Gasteiger partial charge is 0.296 e. The van der Waals surface area contributed by atoms with Crippen molar-refractivity contribution in [3.05, 3.63) is 52.5 Å². The number of aromatic nitrogens is 2. The molecule has 0 radical (unpaired) electrons. The number of sulfonamides is 1. The monoisotopic (exact) mass is 442 g/mol. The van der Waals surface area contributed by atoms with Crippen LogP contribution >= 0.6 is 0 Å². The molecule has 0 spiro atoms. The number of amides is 1. The van der Waals surface area contributed by atoms with Gasteiger partial charge in [-0.25, -0.2) is 22.7 Å². The number of rotatable bonds is 6. The van der Waals surface area contributed by atoms with Gasteiger partial charge < -0.3 is 0 Å². The first-order chi connectivity index (χ1) is 14.8. The number of carbonyl (C=O) groups is 1. The Kier molecular flexibility index (Phi) is 6.12. The molecule has 0 unspecified atom stereocenters. The molecule has 1 aromatic heterocycles. The second kappa shape index (κ2) is 8.67. The number of hydrogen-bond donors (Lipinski definition) is 0. The van der Waals surface area contributed by atoms with E-state index in [1.54, 1.807) is 11.8 Å². The Morgan fingerprint density at radius 1 is 1.16 bits per heavy atom. The van der Waals surface area contributed by atoms with Crippen molar-refractivity contribution in [2.75, 3.05) is 30.3 Å². The van der Waals surface area contributed by atoms with Gasteiger partial charge in [-0.05, 0) is 45.6 Å². The molecule has 0 aliphatic carbocycles. The van der Waals surface area contributed by atoms with E-state index in [1.165, 1.54) is 15.4 Å². The van der Waals surface area contributed by atoms with Crippen LogP contribution in [0.5, 0.6) is 0 Å². The number of hydrogen-bond acceptors (Lipinski definition) is 5. The van der Waals surface area contributed by atoms with Gasteiger partial charge in [-0.3, -0.25) is 9.69 Å². The quantitative estimate of drug-likeness (QED) is 0.687. The number of aryl methyl sites for hydroxylation is 2. The Morgan fingerprint density at radius 3 is 2.71 bits per heavy atom. The third-order valence-corrected chi connectivity index (χ3v) is 8.18. The number of carbonyl (C=O) groups excluding carboxylic acids is 1. The molecule has 2 aliphatic rings. The molecule has 1 amide bonds. The van der Waals surface area contributed by atoms with Crippen molar-refractivity contribution in [1.29, 1.82) is 0 Å². The summed E-state index contributed by atoms with van der Waals surface area (Å²) in [6.45, 7) is 7.18. The first kappa shape index (κ1) is 21.9. The van der Waals surface area contributed by atoms with Crippen molar-refractivity contribution in [3.8, 4) is 0 Å². The summed E-state index contributed by atoms with van der Waals surface area (Å²) in [7, 11) is -3.22. The highest BCUT2D eigenvalue weighted by Crippen LogP contribution is 2.33. The molecule has 1 atom stereocenters. The molecule has 1 saturated heterocycles. The highest BCUT2D eigenvalue weighted by Gasteiger charge is 2.34. The minimum Gasteiger partial charge on any atom is -0.296 e. The fourth-order valence-electron chi connectivity index (χ4n) is 4.50. The Balaban J connectivity index is 1.60. The van der Waals surface area contributed by atoms with E-state index in [9.17, 15) is 13.2 Å². The first-order valence-corrected chi connectivity index (χ1v) is 12.6. The summed E-state index contributed by atoms with van der Waals surface area (Å²) in [5.41, 5.74) is 4.33. The van der Waals surface area contributed by atoms with Crippen molar-refractivity contribution in [2.24, 2.45) is 0 Å². The predicted molar refractivity (Wildman–Crippen MR) is 121 cm³/mol. The summed E-state index contributed by atoms with van der Waals surface area (Å²) >= 11 is 0. The van der Waals surface area contributed by atoms with E-state index in [4.69, 9.17) is 9.97 Å². The molecule has 166 valence electrons.